The molecule has 5 saturated heterocycles. The van der Waals surface area contributed by atoms with E-state index in [0.717, 1.165) is 84.2 Å². The summed E-state index contributed by atoms with van der Waals surface area (Å²) in [5.74, 6) is -2.02. The minimum atomic E-state index is -4.11. The van der Waals surface area contributed by atoms with Crippen LogP contribution in [0, 0.1) is 0 Å². The van der Waals surface area contributed by atoms with Gasteiger partial charge in [0.15, 0.2) is 23.1 Å². The number of ether oxygens (including phenoxy) is 9. The average Bonchev–Trinajstić information content (AvgIpc) is 1.84. The number of ketones is 1. The Labute approximate surface area is 808 Å². The van der Waals surface area contributed by atoms with E-state index in [9.17, 15) is 49.4 Å². The fourth-order valence-corrected chi connectivity index (χ4v) is 16.0. The average molecular weight is 1880 g/mol. The Hall–Kier alpha value is 0.720. The standard InChI is InChI=1S/C20H40O6S.3C16H32O3.C13H26O.C4H10O4S.C4H8O3S.C3H8O3.CH4O.2Na/c1-3-4-5-6-7-8-9-10-11-14-20(2)25-18-19(26-20)17-24-15-12-13-16-27(21,22)23;2*1-3-4-5-6-7-8-9-10-11-12-16(2)18-13-15(17)14-19-16;1-3-4-5-6-7-8-9-10-11-12-16(2)18-14-15(13-17)19-16;1-3-4-5-6-7-8-9-10-11-12-13(2)14;5-3-1-2-4-9(6,7)8;5-8(6)4-2-1-3-7-8;4-1-3(6)2-5;1-2;;/h19H,3-18H2,1-2H3,(H,21,22,23);3*15,17H,3-14H2,1-2H3;3-12H2,1-2H3;5H,1-4H2,(H,6,7,8);1-4H2;3-6H,1-2H2;2H,1H3;;/q;;;;;;;;;2*+1/p-2. The number of rotatable bonds is 64. The van der Waals surface area contributed by atoms with E-state index in [2.05, 4.69) is 38.8 Å². The third kappa shape index (κ3) is 99.0. The minimum Gasteiger partial charge on any atom is -0.748 e. The van der Waals surface area contributed by atoms with Crippen molar-refractivity contribution in [2.45, 2.75) is 482 Å². The summed E-state index contributed by atoms with van der Waals surface area (Å²) < 4.78 is 137. The van der Waals surface area contributed by atoms with Crippen LogP contribution in [0.5, 0.6) is 0 Å². The van der Waals surface area contributed by atoms with Crippen LogP contribution in [0.2, 0.25) is 0 Å². The van der Waals surface area contributed by atoms with Crippen LogP contribution in [-0.2, 0) is 82.0 Å². The second kappa shape index (κ2) is 93.7. The number of carbonyl (C=O) groups is 1. The first-order valence-electron chi connectivity index (χ1n) is 48.6. The second-order valence-electron chi connectivity index (χ2n) is 34.5. The molecule has 8 N–H and O–H groups in total. The topological polar surface area (TPSA) is 420 Å². The molecule has 125 heavy (non-hydrogen) atoms. The van der Waals surface area contributed by atoms with E-state index in [0.29, 0.717) is 84.5 Å². The molecule has 0 aromatic rings. The molecule has 5 rings (SSSR count). The number of Topliss-reactive ketones (excluding diaryl/α,β-unsaturated/α-hetero) is 1. The molecule has 5 heterocycles. The SMILES string of the molecule is CCCCCCCCCCCC(C)=O.CCCCCCCCCCCC1(C)OCC(CO)O1.CCCCCCCCCCCC1(C)OCC(COCCCCS(=O)(=O)[O-])O1.CCCCCCCCCCCC1(C)OCC(O)CO1.CCCCCCCCCCCC1(C)OCC(O)CO1.CO.O=S(=O)([O-])CCCCO.O=S1(=O)CCCCO1.OCC(O)CO.[Na+].[Na+]. The van der Waals surface area contributed by atoms with E-state index >= 15 is 0 Å². The zero-order valence-corrected chi connectivity index (χ0v) is 88.3. The van der Waals surface area contributed by atoms with Crippen molar-refractivity contribution >= 4 is 36.1 Å². The molecule has 0 aromatic heterocycles. The van der Waals surface area contributed by atoms with Gasteiger partial charge < -0.3 is 97.4 Å². The molecule has 32 heteroatoms. The fourth-order valence-electron chi connectivity index (χ4n) is 13.9. The first-order chi connectivity index (χ1) is 58.7. The van der Waals surface area contributed by atoms with Crippen LogP contribution in [0.1, 0.15) is 429 Å². The van der Waals surface area contributed by atoms with Gasteiger partial charge in [-0.2, -0.15) is 8.42 Å². The Kier molecular flexibility index (Phi) is 102. The van der Waals surface area contributed by atoms with Gasteiger partial charge in [-0.05, 0) is 105 Å². The van der Waals surface area contributed by atoms with Crippen LogP contribution in [-0.4, -0.2) is 245 Å². The number of hydrogen-bond acceptors (Lipinski definition) is 27. The quantitative estimate of drug-likeness (QED) is 0.0121. The van der Waals surface area contributed by atoms with Crippen molar-refractivity contribution in [3.63, 3.8) is 0 Å². The molecule has 5 fully saturated rings. The normalized spacial score (nSPS) is 21.8. The van der Waals surface area contributed by atoms with Crippen molar-refractivity contribution in [1.29, 1.82) is 0 Å². The molecule has 0 aliphatic carbocycles. The first-order valence-corrected chi connectivity index (χ1v) is 53.4. The summed E-state index contributed by atoms with van der Waals surface area (Å²) >= 11 is 0. The maximum atomic E-state index is 10.7. The largest absolute Gasteiger partial charge is 1.00 e. The van der Waals surface area contributed by atoms with Gasteiger partial charge in [-0.25, -0.2) is 16.8 Å². The number of carbonyl (C=O) groups excluding carboxylic acids is 1. The van der Waals surface area contributed by atoms with Gasteiger partial charge in [-0.1, -0.05) is 291 Å². The smallest absolute Gasteiger partial charge is 0.748 e. The summed E-state index contributed by atoms with van der Waals surface area (Å²) in [6.45, 7) is 24.2. The summed E-state index contributed by atoms with van der Waals surface area (Å²) in [6, 6.07) is 0. The van der Waals surface area contributed by atoms with Gasteiger partial charge in [0.2, 0.25) is 0 Å². The molecule has 0 aromatic carbocycles. The van der Waals surface area contributed by atoms with Gasteiger partial charge in [0.25, 0.3) is 10.1 Å². The van der Waals surface area contributed by atoms with Gasteiger partial charge >= 0.3 is 59.1 Å². The zero-order valence-electron chi connectivity index (χ0n) is 81.9. The number of hydrogen-bond donors (Lipinski definition) is 8. The summed E-state index contributed by atoms with van der Waals surface area (Å²) in [6.07, 6.45) is 65.3. The van der Waals surface area contributed by atoms with E-state index in [-0.39, 0.29) is 121 Å². The Morgan fingerprint density at radius 3 is 0.936 bits per heavy atom. The molecule has 4 atom stereocenters. The number of aliphatic hydroxyl groups is 8. The Balaban J connectivity index is -0.000000333. The third-order valence-electron chi connectivity index (χ3n) is 21.6. The molecule has 0 saturated carbocycles. The molecule has 744 valence electrons. The molecule has 0 amide bonds. The second-order valence-corrected chi connectivity index (χ2v) is 39.3. The van der Waals surface area contributed by atoms with Crippen LogP contribution in [0.15, 0.2) is 0 Å². The Bertz CT molecular complexity index is 2490. The van der Waals surface area contributed by atoms with E-state index in [1.54, 1.807) is 6.92 Å². The van der Waals surface area contributed by atoms with Gasteiger partial charge in [0.1, 0.15) is 36.3 Å². The Morgan fingerprint density at radius 1 is 0.408 bits per heavy atom. The Morgan fingerprint density at radius 2 is 0.688 bits per heavy atom. The predicted octanol–water partition coefficient (Wildman–Crippen LogP) is 12.3. The maximum Gasteiger partial charge on any atom is 1.00 e. The third-order valence-corrected chi connectivity index (χ3v) is 24.5. The summed E-state index contributed by atoms with van der Waals surface area (Å²) in [4.78, 5) is 10.7. The maximum absolute atomic E-state index is 10.7. The number of aliphatic hydroxyl groups excluding tert-OH is 8. The molecule has 0 spiro atoms. The van der Waals surface area contributed by atoms with Crippen molar-refractivity contribution in [2.24, 2.45) is 0 Å². The predicted molar refractivity (Wildman–Crippen MR) is 491 cm³/mol. The van der Waals surface area contributed by atoms with Gasteiger partial charge in [0.05, 0.1) is 98.7 Å². The van der Waals surface area contributed by atoms with Crippen LogP contribution in [0.3, 0.4) is 0 Å². The van der Waals surface area contributed by atoms with E-state index in [1.807, 2.05) is 27.7 Å². The summed E-state index contributed by atoms with van der Waals surface area (Å²) in [7, 11) is -10.3. The molecule has 27 nitrogen and oxygen atoms in total. The van der Waals surface area contributed by atoms with E-state index in [1.165, 1.54) is 257 Å². The van der Waals surface area contributed by atoms with Crippen molar-refractivity contribution in [1.82, 2.24) is 0 Å². The molecule has 5 aliphatic heterocycles. The van der Waals surface area contributed by atoms with E-state index in [4.69, 9.17) is 73.3 Å². The molecule has 5 aliphatic rings. The van der Waals surface area contributed by atoms with E-state index < -0.39 is 71.8 Å². The van der Waals surface area contributed by atoms with Crippen molar-refractivity contribution < 1.29 is 186 Å². The van der Waals surface area contributed by atoms with Crippen LogP contribution >= 0.6 is 0 Å². The summed E-state index contributed by atoms with van der Waals surface area (Å²) in [5.41, 5.74) is 0. The van der Waals surface area contributed by atoms with Crippen molar-refractivity contribution in [3.05, 3.63) is 0 Å². The van der Waals surface area contributed by atoms with Crippen LogP contribution in [0.25, 0.3) is 0 Å². The minimum absolute atomic E-state index is 0. The number of unbranched alkanes of at least 4 members (excludes halogenated alkanes) is 42. The first kappa shape index (κ1) is 136. The molecular weight excluding hydrogens is 1690 g/mol. The van der Waals surface area contributed by atoms with Crippen molar-refractivity contribution in [2.75, 3.05) is 110 Å². The van der Waals surface area contributed by atoms with Gasteiger partial charge in [-0.3, -0.25) is 4.18 Å². The zero-order chi connectivity index (χ0) is 92.9. The van der Waals surface area contributed by atoms with Crippen LogP contribution in [0.4, 0.5) is 0 Å². The van der Waals surface area contributed by atoms with Crippen LogP contribution < -0.4 is 59.1 Å². The fraction of sp³-hybridized carbons (Fsp3) is 0.989. The molecular formula is C93H190Na2O27S3. The van der Waals surface area contributed by atoms with Crippen molar-refractivity contribution in [3.8, 4) is 0 Å². The molecule has 0 bridgehead atoms. The molecule has 0 radical (unpaired) electrons. The molecule has 4 unspecified atom stereocenters. The summed E-state index contributed by atoms with van der Waals surface area (Å²) in [5, 5.41) is 66.8. The monoisotopic (exact) mass is 1880 g/mol. The van der Waals surface area contributed by atoms with Gasteiger partial charge in [0, 0.05) is 63.9 Å². The van der Waals surface area contributed by atoms with Gasteiger partial charge in [-0.15, -0.1) is 0 Å².